The van der Waals surface area contributed by atoms with E-state index in [2.05, 4.69) is 17.0 Å². The van der Waals surface area contributed by atoms with Crippen molar-refractivity contribution in [2.45, 2.75) is 13.2 Å². The Morgan fingerprint density at radius 3 is 1.97 bits per heavy atom. The average molecular weight is 477 g/mol. The van der Waals surface area contributed by atoms with Crippen molar-refractivity contribution in [1.29, 1.82) is 0 Å². The molecule has 7 nitrogen and oxygen atoms in total. The maximum absolute atomic E-state index is 13.3. The summed E-state index contributed by atoms with van der Waals surface area (Å²) in [6, 6.07) is 21.4. The van der Waals surface area contributed by atoms with Crippen LogP contribution in [0.5, 0.6) is 23.0 Å². The van der Waals surface area contributed by atoms with Gasteiger partial charge in [0, 0.05) is 38.3 Å². The Morgan fingerprint density at radius 2 is 1.40 bits per heavy atom. The summed E-state index contributed by atoms with van der Waals surface area (Å²) in [6.45, 7) is 4.16. The fraction of sp³-hybridized carbons (Fsp3) is 0.321. The molecule has 1 saturated heterocycles. The van der Waals surface area contributed by atoms with Gasteiger partial charge in [0.1, 0.15) is 12.4 Å². The number of benzene rings is 3. The Hall–Kier alpha value is -3.71. The van der Waals surface area contributed by atoms with Gasteiger partial charge in [-0.05, 0) is 35.4 Å². The van der Waals surface area contributed by atoms with Crippen LogP contribution in [0.25, 0.3) is 0 Å². The van der Waals surface area contributed by atoms with Crippen molar-refractivity contribution >= 4 is 5.91 Å². The highest BCUT2D eigenvalue weighted by Crippen LogP contribution is 2.39. The molecular formula is C28H32N2O5. The first-order valence-electron chi connectivity index (χ1n) is 11.7. The van der Waals surface area contributed by atoms with Crippen LogP contribution in [0.2, 0.25) is 0 Å². The maximum Gasteiger partial charge on any atom is 0.254 e. The highest BCUT2D eigenvalue weighted by molar-refractivity contribution is 5.95. The minimum Gasteiger partial charge on any atom is -0.497 e. The Balaban J connectivity index is 1.40. The Labute approximate surface area is 206 Å². The predicted octanol–water partition coefficient (Wildman–Crippen LogP) is 4.25. The largest absolute Gasteiger partial charge is 0.497 e. The molecule has 1 aliphatic heterocycles. The number of methoxy groups -OCH3 is 3. The summed E-state index contributed by atoms with van der Waals surface area (Å²) in [6.07, 6.45) is 0. The van der Waals surface area contributed by atoms with Gasteiger partial charge in [0.15, 0.2) is 11.5 Å². The van der Waals surface area contributed by atoms with Crippen LogP contribution in [0.3, 0.4) is 0 Å². The topological polar surface area (TPSA) is 60.5 Å². The van der Waals surface area contributed by atoms with Gasteiger partial charge in [-0.3, -0.25) is 9.69 Å². The van der Waals surface area contributed by atoms with Crippen LogP contribution >= 0.6 is 0 Å². The Morgan fingerprint density at radius 1 is 0.771 bits per heavy atom. The van der Waals surface area contributed by atoms with Gasteiger partial charge in [-0.2, -0.15) is 0 Å². The zero-order valence-corrected chi connectivity index (χ0v) is 20.5. The molecule has 0 aliphatic carbocycles. The molecule has 0 aromatic heterocycles. The molecule has 1 fully saturated rings. The molecule has 3 aromatic rings. The molecule has 35 heavy (non-hydrogen) atoms. The molecule has 0 saturated carbocycles. The summed E-state index contributed by atoms with van der Waals surface area (Å²) in [5.41, 5.74) is 2.78. The van der Waals surface area contributed by atoms with E-state index in [0.29, 0.717) is 42.5 Å². The lowest BCUT2D eigenvalue weighted by molar-refractivity contribution is 0.0627. The lowest BCUT2D eigenvalue weighted by Gasteiger charge is -2.35. The van der Waals surface area contributed by atoms with Crippen LogP contribution < -0.4 is 18.9 Å². The second-order valence-corrected chi connectivity index (χ2v) is 8.40. The molecule has 7 heteroatoms. The third-order valence-corrected chi connectivity index (χ3v) is 6.16. The van der Waals surface area contributed by atoms with Crippen molar-refractivity contribution in [1.82, 2.24) is 9.80 Å². The van der Waals surface area contributed by atoms with E-state index in [0.717, 1.165) is 30.9 Å². The Kier molecular flexibility index (Phi) is 8.11. The van der Waals surface area contributed by atoms with Crippen LogP contribution in [0.1, 0.15) is 21.5 Å². The highest BCUT2D eigenvalue weighted by atomic mass is 16.5. The van der Waals surface area contributed by atoms with E-state index in [1.807, 2.05) is 47.4 Å². The van der Waals surface area contributed by atoms with Crippen molar-refractivity contribution in [2.24, 2.45) is 0 Å². The summed E-state index contributed by atoms with van der Waals surface area (Å²) >= 11 is 0. The zero-order chi connectivity index (χ0) is 24.6. The van der Waals surface area contributed by atoms with Crippen LogP contribution in [0, 0.1) is 0 Å². The van der Waals surface area contributed by atoms with E-state index < -0.39 is 0 Å². The van der Waals surface area contributed by atoms with Gasteiger partial charge in [-0.25, -0.2) is 0 Å². The molecule has 1 aliphatic rings. The fourth-order valence-corrected chi connectivity index (χ4v) is 4.16. The predicted molar refractivity (Wildman–Crippen MR) is 134 cm³/mol. The van der Waals surface area contributed by atoms with Gasteiger partial charge >= 0.3 is 0 Å². The molecule has 1 amide bonds. The van der Waals surface area contributed by atoms with Crippen molar-refractivity contribution in [3.05, 3.63) is 83.4 Å². The number of hydrogen-bond donors (Lipinski definition) is 0. The molecule has 4 rings (SSSR count). The monoisotopic (exact) mass is 476 g/mol. The van der Waals surface area contributed by atoms with Gasteiger partial charge in [-0.1, -0.05) is 42.5 Å². The van der Waals surface area contributed by atoms with Gasteiger partial charge < -0.3 is 23.8 Å². The number of carbonyl (C=O) groups excluding carboxylic acids is 1. The van der Waals surface area contributed by atoms with Gasteiger partial charge in [-0.15, -0.1) is 0 Å². The number of nitrogens with zero attached hydrogens (tertiary/aromatic N) is 2. The van der Waals surface area contributed by atoms with Crippen molar-refractivity contribution in [3.8, 4) is 23.0 Å². The summed E-state index contributed by atoms with van der Waals surface area (Å²) in [5, 5.41) is 0. The minimum atomic E-state index is -0.0414. The average Bonchev–Trinajstić information content (AvgIpc) is 2.92. The highest BCUT2D eigenvalue weighted by Gasteiger charge is 2.25. The lowest BCUT2D eigenvalue weighted by atomic mass is 10.1. The van der Waals surface area contributed by atoms with E-state index >= 15 is 0 Å². The van der Waals surface area contributed by atoms with Gasteiger partial charge in [0.05, 0.1) is 21.3 Å². The molecule has 3 aromatic carbocycles. The third kappa shape index (κ3) is 6.05. The van der Waals surface area contributed by atoms with Crippen LogP contribution in [0.4, 0.5) is 0 Å². The number of hydrogen-bond acceptors (Lipinski definition) is 6. The second-order valence-electron chi connectivity index (χ2n) is 8.40. The van der Waals surface area contributed by atoms with Gasteiger partial charge in [0.2, 0.25) is 5.75 Å². The van der Waals surface area contributed by atoms with Crippen molar-refractivity contribution < 1.29 is 23.7 Å². The molecule has 0 radical (unpaired) electrons. The van der Waals surface area contributed by atoms with E-state index in [-0.39, 0.29) is 5.91 Å². The first kappa shape index (κ1) is 24.4. The molecule has 0 atom stereocenters. The molecule has 184 valence electrons. The second kappa shape index (κ2) is 11.6. The first-order chi connectivity index (χ1) is 17.1. The summed E-state index contributed by atoms with van der Waals surface area (Å²) in [5.74, 6) is 2.25. The minimum absolute atomic E-state index is 0.0414. The molecule has 0 bridgehead atoms. The van der Waals surface area contributed by atoms with Crippen molar-refractivity contribution in [3.63, 3.8) is 0 Å². The number of piperazine rings is 1. The molecule has 0 N–H and O–H groups in total. The summed E-state index contributed by atoms with van der Waals surface area (Å²) < 4.78 is 22.4. The lowest BCUT2D eigenvalue weighted by Crippen LogP contribution is -2.48. The van der Waals surface area contributed by atoms with Crippen molar-refractivity contribution in [2.75, 3.05) is 47.5 Å². The standard InChI is InChI=1S/C28H32N2O5/c1-32-24-11-9-21(10-12-24)19-29-13-15-30(16-14-29)28(31)23-17-25(33-2)27(26(18-23)34-3)35-20-22-7-5-4-6-8-22/h4-12,17-18H,13-16,19-20H2,1-3H3. The number of amides is 1. The van der Waals surface area contributed by atoms with Crippen LogP contribution in [0.15, 0.2) is 66.7 Å². The number of rotatable bonds is 9. The molecule has 0 unspecified atom stereocenters. The first-order valence-corrected chi connectivity index (χ1v) is 11.7. The third-order valence-electron chi connectivity index (χ3n) is 6.16. The maximum atomic E-state index is 13.3. The van der Waals surface area contributed by atoms with E-state index in [9.17, 15) is 4.79 Å². The fourth-order valence-electron chi connectivity index (χ4n) is 4.16. The SMILES string of the molecule is COc1ccc(CN2CCN(C(=O)c3cc(OC)c(OCc4ccccc4)c(OC)c3)CC2)cc1. The van der Waals surface area contributed by atoms with E-state index in [1.165, 1.54) is 5.56 Å². The zero-order valence-electron chi connectivity index (χ0n) is 20.5. The van der Waals surface area contributed by atoms with Crippen LogP contribution in [-0.2, 0) is 13.2 Å². The quantitative estimate of drug-likeness (QED) is 0.460. The van der Waals surface area contributed by atoms with Gasteiger partial charge in [0.25, 0.3) is 5.91 Å². The Bertz CT molecular complexity index is 1080. The molecular weight excluding hydrogens is 444 g/mol. The number of ether oxygens (including phenoxy) is 4. The van der Waals surface area contributed by atoms with E-state index in [1.54, 1.807) is 33.5 Å². The normalized spacial score (nSPS) is 13.9. The molecule has 1 heterocycles. The number of carbonyl (C=O) groups is 1. The molecule has 0 spiro atoms. The summed E-state index contributed by atoms with van der Waals surface area (Å²) in [4.78, 5) is 17.5. The van der Waals surface area contributed by atoms with E-state index in [4.69, 9.17) is 18.9 Å². The summed E-state index contributed by atoms with van der Waals surface area (Å²) in [7, 11) is 4.80. The van der Waals surface area contributed by atoms with Crippen LogP contribution in [-0.4, -0.2) is 63.2 Å². The smallest absolute Gasteiger partial charge is 0.254 e.